The number of aliphatic hydroxyl groups is 1. The third-order valence-corrected chi connectivity index (χ3v) is 5.09. The minimum absolute atomic E-state index is 0.0236. The molecule has 0 saturated heterocycles. The second kappa shape index (κ2) is 7.04. The van der Waals surface area contributed by atoms with Gasteiger partial charge >= 0.3 is 0 Å². The molecule has 1 aromatic heterocycles. The highest BCUT2D eigenvalue weighted by atomic mass is 16.3. The Bertz CT molecular complexity index is 523. The summed E-state index contributed by atoms with van der Waals surface area (Å²) in [5, 5.41) is 17.7. The standard InChI is InChI=1S/C18H31N3O2/c1-14-11-20-21(12-14)10-7-16(22)19-13-18(23)8-5-15(6-9-18)17(2,3)4/h11-12,15,23H,5-10,13H2,1-4H3,(H,19,22). The number of amides is 1. The monoisotopic (exact) mass is 321 g/mol. The van der Waals surface area contributed by atoms with Crippen LogP contribution in [0.1, 0.15) is 58.4 Å². The molecular weight excluding hydrogens is 290 g/mol. The molecule has 5 nitrogen and oxygen atoms in total. The Morgan fingerprint density at radius 1 is 1.43 bits per heavy atom. The van der Waals surface area contributed by atoms with E-state index < -0.39 is 5.60 Å². The first kappa shape index (κ1) is 18.0. The van der Waals surface area contributed by atoms with Gasteiger partial charge in [-0.25, -0.2) is 0 Å². The molecule has 23 heavy (non-hydrogen) atoms. The normalized spacial score (nSPS) is 25.3. The fraction of sp³-hybridized carbons (Fsp3) is 0.778. The molecule has 1 saturated carbocycles. The summed E-state index contributed by atoms with van der Waals surface area (Å²) in [5.41, 5.74) is 0.655. The SMILES string of the molecule is Cc1cnn(CCC(=O)NCC2(O)CCC(C(C)(C)C)CC2)c1. The van der Waals surface area contributed by atoms with Crippen LogP contribution < -0.4 is 5.32 Å². The van der Waals surface area contributed by atoms with Crippen LogP contribution in [0.25, 0.3) is 0 Å². The van der Waals surface area contributed by atoms with Gasteiger partial charge in [-0.15, -0.1) is 0 Å². The predicted octanol–water partition coefficient (Wildman–Crippen LogP) is 2.67. The van der Waals surface area contributed by atoms with Crippen LogP contribution in [0.5, 0.6) is 0 Å². The number of aryl methyl sites for hydroxylation is 2. The van der Waals surface area contributed by atoms with Crippen molar-refractivity contribution in [2.24, 2.45) is 11.3 Å². The Kier molecular flexibility index (Phi) is 5.50. The molecule has 1 fully saturated rings. The molecule has 0 aliphatic heterocycles. The zero-order valence-corrected chi connectivity index (χ0v) is 14.9. The molecule has 0 atom stereocenters. The second-order valence-electron chi connectivity index (χ2n) is 8.17. The van der Waals surface area contributed by atoms with E-state index in [1.165, 1.54) is 0 Å². The zero-order chi connectivity index (χ0) is 17.1. The van der Waals surface area contributed by atoms with Gasteiger partial charge in [0.2, 0.25) is 5.91 Å². The average molecular weight is 321 g/mol. The summed E-state index contributed by atoms with van der Waals surface area (Å²) < 4.78 is 1.78. The lowest BCUT2D eigenvalue weighted by Gasteiger charge is -2.41. The van der Waals surface area contributed by atoms with E-state index in [1.807, 2.05) is 13.1 Å². The summed E-state index contributed by atoms with van der Waals surface area (Å²) in [4.78, 5) is 12.0. The van der Waals surface area contributed by atoms with Crippen LogP contribution in [0.2, 0.25) is 0 Å². The lowest BCUT2D eigenvalue weighted by molar-refractivity contribution is -0.123. The number of hydrogen-bond donors (Lipinski definition) is 2. The maximum atomic E-state index is 12.0. The molecule has 0 radical (unpaired) electrons. The largest absolute Gasteiger partial charge is 0.388 e. The van der Waals surface area contributed by atoms with Gasteiger partial charge in [-0.1, -0.05) is 20.8 Å². The van der Waals surface area contributed by atoms with E-state index in [0.29, 0.717) is 30.8 Å². The molecule has 0 bridgehead atoms. The number of aromatic nitrogens is 2. The number of nitrogens with zero attached hydrogens (tertiary/aromatic N) is 2. The Hall–Kier alpha value is -1.36. The van der Waals surface area contributed by atoms with Crippen molar-refractivity contribution in [3.05, 3.63) is 18.0 Å². The van der Waals surface area contributed by atoms with Crippen molar-refractivity contribution in [1.29, 1.82) is 0 Å². The van der Waals surface area contributed by atoms with Gasteiger partial charge in [-0.2, -0.15) is 5.10 Å². The van der Waals surface area contributed by atoms with Crippen LogP contribution in [0.4, 0.5) is 0 Å². The Balaban J connectivity index is 1.71. The van der Waals surface area contributed by atoms with Crippen LogP contribution in [-0.2, 0) is 11.3 Å². The molecule has 1 aliphatic rings. The van der Waals surface area contributed by atoms with Gasteiger partial charge in [-0.05, 0) is 49.5 Å². The first-order valence-corrected chi connectivity index (χ1v) is 8.66. The van der Waals surface area contributed by atoms with Gasteiger partial charge in [0, 0.05) is 25.7 Å². The fourth-order valence-corrected chi connectivity index (χ4v) is 3.35. The molecule has 0 spiro atoms. The number of carbonyl (C=O) groups is 1. The van der Waals surface area contributed by atoms with Crippen molar-refractivity contribution in [1.82, 2.24) is 15.1 Å². The molecule has 0 unspecified atom stereocenters. The summed E-state index contributed by atoms with van der Waals surface area (Å²) >= 11 is 0. The number of hydrogen-bond acceptors (Lipinski definition) is 3. The summed E-state index contributed by atoms with van der Waals surface area (Å²) in [7, 11) is 0. The Labute approximate surface area is 139 Å². The maximum absolute atomic E-state index is 12.0. The summed E-state index contributed by atoms with van der Waals surface area (Å²) in [5.74, 6) is 0.631. The van der Waals surface area contributed by atoms with E-state index in [4.69, 9.17) is 0 Å². The molecule has 0 aromatic carbocycles. The first-order chi connectivity index (χ1) is 10.7. The minimum atomic E-state index is -0.736. The molecule has 1 aromatic rings. The van der Waals surface area contributed by atoms with Crippen LogP contribution in [0, 0.1) is 18.3 Å². The molecule has 1 aliphatic carbocycles. The first-order valence-electron chi connectivity index (χ1n) is 8.66. The van der Waals surface area contributed by atoms with Gasteiger partial charge in [0.25, 0.3) is 0 Å². The Morgan fingerprint density at radius 3 is 2.61 bits per heavy atom. The van der Waals surface area contributed by atoms with Crippen molar-refractivity contribution in [2.75, 3.05) is 6.54 Å². The summed E-state index contributed by atoms with van der Waals surface area (Å²) in [6.07, 6.45) is 7.71. The highest BCUT2D eigenvalue weighted by Gasteiger charge is 2.37. The van der Waals surface area contributed by atoms with Gasteiger partial charge < -0.3 is 10.4 Å². The van der Waals surface area contributed by atoms with Crippen LogP contribution in [0.3, 0.4) is 0 Å². The van der Waals surface area contributed by atoms with Crippen molar-refractivity contribution >= 4 is 5.91 Å². The molecule has 5 heteroatoms. The lowest BCUT2D eigenvalue weighted by Crippen LogP contribution is -2.46. The summed E-state index contributed by atoms with van der Waals surface area (Å²) in [6, 6.07) is 0. The van der Waals surface area contributed by atoms with E-state index in [-0.39, 0.29) is 5.91 Å². The maximum Gasteiger partial charge on any atom is 0.221 e. The molecule has 2 rings (SSSR count). The zero-order valence-electron chi connectivity index (χ0n) is 14.9. The van der Waals surface area contributed by atoms with Gasteiger partial charge in [-0.3, -0.25) is 9.48 Å². The molecular formula is C18H31N3O2. The van der Waals surface area contributed by atoms with E-state index in [9.17, 15) is 9.90 Å². The van der Waals surface area contributed by atoms with Crippen molar-refractivity contribution in [3.63, 3.8) is 0 Å². The third-order valence-electron chi connectivity index (χ3n) is 5.09. The van der Waals surface area contributed by atoms with Gasteiger partial charge in [0.05, 0.1) is 11.8 Å². The molecule has 130 valence electrons. The lowest BCUT2D eigenvalue weighted by atomic mass is 9.68. The van der Waals surface area contributed by atoms with Gasteiger partial charge in [0.15, 0.2) is 0 Å². The number of nitrogens with one attached hydrogen (secondary N) is 1. The number of carbonyl (C=O) groups excluding carboxylic acids is 1. The van der Waals surface area contributed by atoms with Crippen molar-refractivity contribution < 1.29 is 9.90 Å². The minimum Gasteiger partial charge on any atom is -0.388 e. The summed E-state index contributed by atoms with van der Waals surface area (Å²) in [6.45, 7) is 9.71. The van der Waals surface area contributed by atoms with Crippen LogP contribution in [0.15, 0.2) is 12.4 Å². The van der Waals surface area contributed by atoms with E-state index >= 15 is 0 Å². The predicted molar refractivity (Wildman–Crippen MR) is 91.0 cm³/mol. The molecule has 1 amide bonds. The highest BCUT2D eigenvalue weighted by Crippen LogP contribution is 2.41. The van der Waals surface area contributed by atoms with Crippen molar-refractivity contribution in [3.8, 4) is 0 Å². The third kappa shape index (κ3) is 5.34. The fourth-order valence-electron chi connectivity index (χ4n) is 3.35. The second-order valence-corrected chi connectivity index (χ2v) is 8.17. The Morgan fingerprint density at radius 2 is 2.09 bits per heavy atom. The van der Waals surface area contributed by atoms with E-state index in [0.717, 1.165) is 31.2 Å². The van der Waals surface area contributed by atoms with Crippen LogP contribution >= 0.6 is 0 Å². The van der Waals surface area contributed by atoms with Gasteiger partial charge in [0.1, 0.15) is 0 Å². The van der Waals surface area contributed by atoms with E-state index in [1.54, 1.807) is 10.9 Å². The topological polar surface area (TPSA) is 67.2 Å². The average Bonchev–Trinajstić information content (AvgIpc) is 2.88. The van der Waals surface area contributed by atoms with Crippen molar-refractivity contribution in [2.45, 2.75) is 71.9 Å². The molecule has 2 N–H and O–H groups in total. The van der Waals surface area contributed by atoms with Crippen LogP contribution in [-0.4, -0.2) is 32.9 Å². The quantitative estimate of drug-likeness (QED) is 0.876. The smallest absolute Gasteiger partial charge is 0.221 e. The number of rotatable bonds is 5. The van der Waals surface area contributed by atoms with E-state index in [2.05, 4.69) is 31.2 Å². The molecule has 1 heterocycles. The highest BCUT2D eigenvalue weighted by molar-refractivity contribution is 5.75.